The predicted molar refractivity (Wildman–Crippen MR) is 142 cm³/mol. The van der Waals surface area contributed by atoms with Crippen molar-refractivity contribution in [3.05, 3.63) is 98.4 Å². The fraction of sp³-hybridized carbons (Fsp3) is 0.333. The van der Waals surface area contributed by atoms with Gasteiger partial charge in [-0.1, -0.05) is 42.5 Å². The molecule has 0 bridgehead atoms. The van der Waals surface area contributed by atoms with Crippen LogP contribution in [-0.2, 0) is 24.3 Å². The minimum Gasteiger partial charge on any atom is -0.454 e. The zero-order valence-electron chi connectivity index (χ0n) is 21.8. The van der Waals surface area contributed by atoms with E-state index in [-0.39, 0.29) is 22.4 Å². The van der Waals surface area contributed by atoms with Crippen LogP contribution in [0.1, 0.15) is 57.8 Å². The third-order valence-electron chi connectivity index (χ3n) is 5.98. The molecule has 38 heavy (non-hydrogen) atoms. The van der Waals surface area contributed by atoms with E-state index in [1.807, 2.05) is 30.3 Å². The Balaban J connectivity index is 2.10. The van der Waals surface area contributed by atoms with Crippen LogP contribution in [0.2, 0.25) is 0 Å². The summed E-state index contributed by atoms with van der Waals surface area (Å²) in [4.78, 5) is 38.0. The number of rotatable bonds is 10. The number of esters is 1. The van der Waals surface area contributed by atoms with Gasteiger partial charge in [0, 0.05) is 41.1 Å². The molecule has 0 fully saturated rings. The molecule has 0 radical (unpaired) electrons. The van der Waals surface area contributed by atoms with Crippen molar-refractivity contribution in [2.75, 3.05) is 5.75 Å². The van der Waals surface area contributed by atoms with Crippen molar-refractivity contribution in [3.8, 4) is 0 Å². The van der Waals surface area contributed by atoms with Crippen LogP contribution in [0.5, 0.6) is 0 Å². The zero-order valence-corrected chi connectivity index (χ0v) is 22.7. The number of nitro benzene ring substituents is 1. The number of nitro groups is 1. The predicted octanol–water partition coefficient (Wildman–Crippen LogP) is 4.03. The number of carbonyl (C=O) groups is 2. The van der Waals surface area contributed by atoms with Crippen LogP contribution >= 0.6 is 0 Å². The molecular weight excluding hydrogens is 510 g/mol. The Morgan fingerprint density at radius 2 is 1.66 bits per heavy atom. The fourth-order valence-corrected chi connectivity index (χ4v) is 5.76. The number of dihydropyridines is 1. The smallest absolute Gasteiger partial charge is 0.337 e. The van der Waals surface area contributed by atoms with E-state index in [0.29, 0.717) is 11.4 Å². The summed E-state index contributed by atoms with van der Waals surface area (Å²) in [5.41, 5.74) is 1.63. The van der Waals surface area contributed by atoms with Crippen LogP contribution in [0.15, 0.2) is 77.1 Å². The highest BCUT2D eigenvalue weighted by Gasteiger charge is 2.39. The third kappa shape index (κ3) is 6.73. The lowest BCUT2D eigenvalue weighted by atomic mass is 9.79. The molecule has 1 aliphatic rings. The van der Waals surface area contributed by atoms with E-state index in [0.717, 1.165) is 5.56 Å². The highest BCUT2D eigenvalue weighted by atomic mass is 32.2. The van der Waals surface area contributed by atoms with Gasteiger partial charge in [-0.2, -0.15) is 0 Å². The highest BCUT2D eigenvalue weighted by molar-refractivity contribution is 7.90. The molecule has 202 valence electrons. The molecule has 11 heteroatoms. The second-order valence-corrected chi connectivity index (χ2v) is 11.2. The van der Waals surface area contributed by atoms with E-state index in [2.05, 4.69) is 10.0 Å². The van der Waals surface area contributed by atoms with Crippen LogP contribution in [0, 0.1) is 10.1 Å². The summed E-state index contributed by atoms with van der Waals surface area (Å²) >= 11 is 0. The largest absolute Gasteiger partial charge is 0.454 e. The number of carbonyl (C=O) groups excluding carboxylic acids is 2. The lowest BCUT2D eigenvalue weighted by molar-refractivity contribution is -0.384. The third-order valence-corrected chi connectivity index (χ3v) is 7.46. The number of hydrogen-bond acceptors (Lipinski definition) is 8. The average molecular weight is 542 g/mol. The number of ketones is 1. The summed E-state index contributed by atoms with van der Waals surface area (Å²) in [6.07, 6.45) is -0.628. The van der Waals surface area contributed by atoms with Gasteiger partial charge in [-0.15, -0.1) is 0 Å². The first kappa shape index (κ1) is 28.7. The number of hydrogen-bond donors (Lipinski definition) is 2. The molecule has 0 aliphatic carbocycles. The Morgan fingerprint density at radius 3 is 2.26 bits per heavy atom. The van der Waals surface area contributed by atoms with Gasteiger partial charge in [0.1, 0.15) is 11.9 Å². The first-order valence-corrected chi connectivity index (χ1v) is 13.7. The molecule has 1 heterocycles. The SMILES string of the molecule is CC1=C(C(=O)CS(=O)(=O)NC(C)C)C(c2cccc([N+](=O)[O-])c2)C(C(=O)OC(C)c2ccccc2)=C(C)N1. The topological polar surface area (TPSA) is 145 Å². The van der Waals surface area contributed by atoms with Gasteiger partial charge in [0.25, 0.3) is 5.69 Å². The first-order valence-electron chi connectivity index (χ1n) is 12.0. The fourth-order valence-electron chi connectivity index (χ4n) is 4.45. The summed E-state index contributed by atoms with van der Waals surface area (Å²) in [6, 6.07) is 14.2. The number of sulfonamides is 1. The van der Waals surface area contributed by atoms with Crippen molar-refractivity contribution in [1.29, 1.82) is 0 Å². The number of Topliss-reactive ketones (excluding diaryl/α,β-unsaturated/α-hetero) is 1. The minimum absolute atomic E-state index is 0.0181. The van der Waals surface area contributed by atoms with E-state index < -0.39 is 50.5 Å². The first-order chi connectivity index (χ1) is 17.8. The molecule has 2 aromatic rings. The summed E-state index contributed by atoms with van der Waals surface area (Å²) < 4.78 is 33.3. The van der Waals surface area contributed by atoms with Gasteiger partial charge in [0.05, 0.1) is 10.5 Å². The van der Waals surface area contributed by atoms with Crippen molar-refractivity contribution in [3.63, 3.8) is 0 Å². The number of nitrogens with zero attached hydrogens (tertiary/aromatic N) is 1. The molecule has 2 N–H and O–H groups in total. The van der Waals surface area contributed by atoms with E-state index in [9.17, 15) is 28.1 Å². The number of ether oxygens (including phenoxy) is 1. The van der Waals surface area contributed by atoms with Crippen molar-refractivity contribution in [2.24, 2.45) is 0 Å². The molecule has 2 unspecified atom stereocenters. The number of benzene rings is 2. The Kier molecular flexibility index (Phi) is 8.85. The van der Waals surface area contributed by atoms with Crippen LogP contribution in [0.3, 0.4) is 0 Å². The average Bonchev–Trinajstić information content (AvgIpc) is 2.82. The van der Waals surface area contributed by atoms with Crippen LogP contribution in [0.4, 0.5) is 5.69 Å². The molecule has 2 atom stereocenters. The maximum absolute atomic E-state index is 13.6. The van der Waals surface area contributed by atoms with Crippen LogP contribution < -0.4 is 10.0 Å². The quantitative estimate of drug-likeness (QED) is 0.261. The lowest BCUT2D eigenvalue weighted by Crippen LogP contribution is -2.38. The molecule has 10 nitrogen and oxygen atoms in total. The second-order valence-electron chi connectivity index (χ2n) is 9.40. The van der Waals surface area contributed by atoms with Gasteiger partial charge in [0.2, 0.25) is 10.0 Å². The lowest BCUT2D eigenvalue weighted by Gasteiger charge is -2.31. The van der Waals surface area contributed by atoms with E-state index >= 15 is 0 Å². The standard InChI is InChI=1S/C27H31N3O7S/c1-16(2)29-38(35,36)15-23(31)24-17(3)28-18(4)25(26(24)21-12-9-13-22(14-21)30(33)34)27(32)37-19(5)20-10-7-6-8-11-20/h6-14,16,19,26,28-29H,15H2,1-5H3. The zero-order chi connectivity index (χ0) is 28.2. The molecule has 0 saturated carbocycles. The normalized spacial score (nSPS) is 16.7. The Bertz CT molecular complexity index is 1410. The Hall–Kier alpha value is -3.83. The molecular formula is C27H31N3O7S. The Labute approximate surface area is 222 Å². The van der Waals surface area contributed by atoms with Crippen molar-refractivity contribution in [1.82, 2.24) is 10.0 Å². The van der Waals surface area contributed by atoms with Crippen molar-refractivity contribution < 1.29 is 27.7 Å². The summed E-state index contributed by atoms with van der Waals surface area (Å²) in [6.45, 7) is 8.21. The minimum atomic E-state index is -3.99. The molecule has 0 saturated heterocycles. The molecule has 0 amide bonds. The summed E-state index contributed by atoms with van der Waals surface area (Å²) in [7, 11) is -3.99. The van der Waals surface area contributed by atoms with E-state index in [4.69, 9.17) is 4.74 Å². The van der Waals surface area contributed by atoms with Gasteiger partial charge in [-0.25, -0.2) is 17.9 Å². The van der Waals surface area contributed by atoms with Crippen molar-refractivity contribution in [2.45, 2.75) is 52.7 Å². The van der Waals surface area contributed by atoms with Crippen LogP contribution in [0.25, 0.3) is 0 Å². The Morgan fingerprint density at radius 1 is 1.03 bits per heavy atom. The van der Waals surface area contributed by atoms with Gasteiger partial charge in [-0.3, -0.25) is 14.9 Å². The molecule has 0 aromatic heterocycles. The summed E-state index contributed by atoms with van der Waals surface area (Å²) in [5.74, 6) is -3.42. The van der Waals surface area contributed by atoms with E-state index in [1.54, 1.807) is 40.7 Å². The second kappa shape index (κ2) is 11.7. The molecule has 2 aromatic carbocycles. The van der Waals surface area contributed by atoms with Gasteiger partial charge in [-0.05, 0) is 45.7 Å². The highest BCUT2D eigenvalue weighted by Crippen LogP contribution is 2.40. The monoisotopic (exact) mass is 541 g/mol. The number of nitrogens with one attached hydrogen (secondary N) is 2. The van der Waals surface area contributed by atoms with Gasteiger partial charge >= 0.3 is 5.97 Å². The molecule has 3 rings (SSSR count). The van der Waals surface area contributed by atoms with Gasteiger partial charge < -0.3 is 10.1 Å². The molecule has 1 aliphatic heterocycles. The van der Waals surface area contributed by atoms with E-state index in [1.165, 1.54) is 18.2 Å². The molecule has 0 spiro atoms. The number of non-ortho nitro benzene ring substituents is 1. The maximum atomic E-state index is 13.6. The summed E-state index contributed by atoms with van der Waals surface area (Å²) in [5, 5.41) is 14.5. The van der Waals surface area contributed by atoms with Crippen LogP contribution in [-0.4, -0.2) is 36.9 Å². The van der Waals surface area contributed by atoms with Gasteiger partial charge in [0.15, 0.2) is 5.78 Å². The number of allylic oxidation sites excluding steroid dienone is 3. The maximum Gasteiger partial charge on any atom is 0.337 e. The van der Waals surface area contributed by atoms with Crippen molar-refractivity contribution >= 4 is 27.5 Å².